The van der Waals surface area contributed by atoms with Gasteiger partial charge in [0.1, 0.15) is 5.69 Å². The molecule has 2 aromatic heterocycles. The highest BCUT2D eigenvalue weighted by Crippen LogP contribution is 2.27. The third-order valence-electron chi connectivity index (χ3n) is 2.35. The molecule has 0 aliphatic carbocycles. The van der Waals surface area contributed by atoms with Crippen molar-refractivity contribution in [2.24, 2.45) is 10.2 Å². The Morgan fingerprint density at radius 1 is 1.44 bits per heavy atom. The number of pyridine rings is 1. The van der Waals surface area contributed by atoms with Crippen molar-refractivity contribution >= 4 is 17.2 Å². The van der Waals surface area contributed by atoms with Crippen LogP contribution in [0.15, 0.2) is 47.4 Å². The van der Waals surface area contributed by atoms with Crippen LogP contribution in [-0.4, -0.2) is 15.2 Å². The van der Waals surface area contributed by atoms with Gasteiger partial charge in [0.25, 0.3) is 0 Å². The van der Waals surface area contributed by atoms with Gasteiger partial charge in [-0.1, -0.05) is 6.08 Å². The molecule has 0 unspecified atom stereocenters. The van der Waals surface area contributed by atoms with Crippen LogP contribution in [-0.2, 0) is 6.42 Å². The van der Waals surface area contributed by atoms with Crippen LogP contribution in [0.1, 0.15) is 12.1 Å². The zero-order chi connectivity index (χ0) is 12.8. The number of azo groups is 1. The van der Waals surface area contributed by atoms with Crippen molar-refractivity contribution in [3.63, 3.8) is 0 Å². The van der Waals surface area contributed by atoms with E-state index in [-0.39, 0.29) is 0 Å². The summed E-state index contributed by atoms with van der Waals surface area (Å²) in [5.74, 6) is 0.349. The average molecular weight is 242 g/mol. The molecule has 0 aliphatic heterocycles. The predicted octanol–water partition coefficient (Wildman–Crippen LogP) is 2.92. The average Bonchev–Trinajstić information content (AvgIpc) is 2.76. The number of hydrogen-bond acceptors (Lipinski definition) is 5. The first-order chi connectivity index (χ1) is 8.81. The molecule has 92 valence electrons. The van der Waals surface area contributed by atoms with Crippen LogP contribution < -0.4 is 5.73 Å². The normalized spacial score (nSPS) is 10.9. The van der Waals surface area contributed by atoms with Crippen molar-refractivity contribution in [3.8, 4) is 0 Å². The molecule has 3 N–H and O–H groups in total. The van der Waals surface area contributed by atoms with E-state index >= 15 is 0 Å². The number of allylic oxidation sites excluding steroid dienone is 1. The van der Waals surface area contributed by atoms with Crippen molar-refractivity contribution in [2.75, 3.05) is 5.73 Å². The van der Waals surface area contributed by atoms with Crippen LogP contribution >= 0.6 is 0 Å². The molecule has 0 amide bonds. The highest BCUT2D eigenvalue weighted by Gasteiger charge is 2.09. The number of aryl methyl sites for hydroxylation is 1. The van der Waals surface area contributed by atoms with E-state index in [4.69, 9.17) is 5.73 Å². The maximum atomic E-state index is 5.74. The summed E-state index contributed by atoms with van der Waals surface area (Å²) < 4.78 is 0. The van der Waals surface area contributed by atoms with Crippen LogP contribution in [0.25, 0.3) is 0 Å². The Morgan fingerprint density at radius 2 is 2.33 bits per heavy atom. The molecule has 2 rings (SSSR count). The Balaban J connectivity index is 2.20. The van der Waals surface area contributed by atoms with Gasteiger partial charge in [0, 0.05) is 6.20 Å². The molecule has 0 fully saturated rings. The lowest BCUT2D eigenvalue weighted by Crippen LogP contribution is -1.84. The molecule has 0 bridgehead atoms. The zero-order valence-electron chi connectivity index (χ0n) is 9.87. The number of nitrogen functional groups attached to an aromatic ring is 1. The lowest BCUT2D eigenvalue weighted by Gasteiger charge is -1.95. The molecule has 2 aromatic rings. The van der Waals surface area contributed by atoms with Gasteiger partial charge in [0.2, 0.25) is 0 Å². The molecule has 0 aliphatic rings. The minimum Gasteiger partial charge on any atom is -0.380 e. The maximum Gasteiger partial charge on any atom is 0.173 e. The molecule has 0 atom stereocenters. The van der Waals surface area contributed by atoms with Gasteiger partial charge in [-0.25, -0.2) is 0 Å². The smallest absolute Gasteiger partial charge is 0.173 e. The first-order valence-electron chi connectivity index (χ1n) is 5.56. The predicted molar refractivity (Wildman–Crippen MR) is 69.9 cm³/mol. The van der Waals surface area contributed by atoms with Crippen LogP contribution in [0, 0.1) is 0 Å². The van der Waals surface area contributed by atoms with Crippen molar-refractivity contribution < 1.29 is 0 Å². The number of rotatable bonds is 5. The second-order valence-corrected chi connectivity index (χ2v) is 3.67. The fourth-order valence-corrected chi connectivity index (χ4v) is 1.44. The van der Waals surface area contributed by atoms with E-state index < -0.39 is 0 Å². The molecular formula is C12H14N6. The van der Waals surface area contributed by atoms with Crippen LogP contribution in [0.5, 0.6) is 0 Å². The first kappa shape index (κ1) is 12.0. The quantitative estimate of drug-likeness (QED) is 0.623. The number of aromatic amines is 1. The van der Waals surface area contributed by atoms with Crippen LogP contribution in [0.4, 0.5) is 17.2 Å². The van der Waals surface area contributed by atoms with E-state index in [1.807, 2.05) is 12.1 Å². The second kappa shape index (κ2) is 5.72. The lowest BCUT2D eigenvalue weighted by atomic mass is 10.2. The largest absolute Gasteiger partial charge is 0.380 e. The number of aromatic nitrogens is 3. The Bertz CT molecular complexity index is 543. The Labute approximate surface area is 105 Å². The minimum absolute atomic E-state index is 0.349. The van der Waals surface area contributed by atoms with E-state index in [1.165, 1.54) is 0 Å². The summed E-state index contributed by atoms with van der Waals surface area (Å²) in [6.07, 6.45) is 6.73. The van der Waals surface area contributed by atoms with E-state index in [9.17, 15) is 0 Å². The molecule has 2 heterocycles. The Hall–Kier alpha value is -2.50. The fourth-order valence-electron chi connectivity index (χ4n) is 1.44. The van der Waals surface area contributed by atoms with E-state index in [2.05, 4.69) is 32.0 Å². The molecule has 0 aromatic carbocycles. The highest BCUT2D eigenvalue weighted by molar-refractivity contribution is 5.60. The van der Waals surface area contributed by atoms with E-state index in [0.29, 0.717) is 17.2 Å². The van der Waals surface area contributed by atoms with E-state index in [0.717, 1.165) is 18.5 Å². The van der Waals surface area contributed by atoms with Gasteiger partial charge in [-0.05, 0) is 25.0 Å². The van der Waals surface area contributed by atoms with Crippen molar-refractivity contribution in [1.82, 2.24) is 15.2 Å². The zero-order valence-corrected chi connectivity index (χ0v) is 9.87. The van der Waals surface area contributed by atoms with Crippen molar-refractivity contribution in [1.29, 1.82) is 0 Å². The summed E-state index contributed by atoms with van der Waals surface area (Å²) in [5.41, 5.74) is 7.86. The van der Waals surface area contributed by atoms with E-state index in [1.54, 1.807) is 18.5 Å². The molecule has 0 saturated heterocycles. The number of H-pyrrole nitrogens is 1. The molecule has 6 nitrogen and oxygen atoms in total. The number of nitrogens with one attached hydrogen (secondary N) is 1. The van der Waals surface area contributed by atoms with Gasteiger partial charge in [0.15, 0.2) is 11.5 Å². The third kappa shape index (κ3) is 2.79. The molecule has 0 saturated carbocycles. The summed E-state index contributed by atoms with van der Waals surface area (Å²) in [7, 11) is 0. The highest BCUT2D eigenvalue weighted by atomic mass is 15.2. The topological polar surface area (TPSA) is 92.3 Å². The number of anilines is 1. The Kier molecular flexibility index (Phi) is 3.80. The molecule has 18 heavy (non-hydrogen) atoms. The number of hydrogen-bond donors (Lipinski definition) is 2. The minimum atomic E-state index is 0.349. The van der Waals surface area contributed by atoms with Gasteiger partial charge >= 0.3 is 0 Å². The van der Waals surface area contributed by atoms with Gasteiger partial charge in [0.05, 0.1) is 11.9 Å². The summed E-state index contributed by atoms with van der Waals surface area (Å²) in [4.78, 5) is 3.96. The molecular weight excluding hydrogens is 228 g/mol. The lowest BCUT2D eigenvalue weighted by molar-refractivity contribution is 0.915. The molecule has 0 radical (unpaired) electrons. The summed E-state index contributed by atoms with van der Waals surface area (Å²) >= 11 is 0. The van der Waals surface area contributed by atoms with Gasteiger partial charge < -0.3 is 5.73 Å². The van der Waals surface area contributed by atoms with Crippen molar-refractivity contribution in [3.05, 3.63) is 42.9 Å². The monoisotopic (exact) mass is 242 g/mol. The standard InChI is InChI=1S/C12H14N6/c1-2-3-6-10-11(12(13)18-16-10)17-15-9-5-4-7-14-8-9/h2,4-5,7-8H,1,3,6H2,(H3,13,16,18). The summed E-state index contributed by atoms with van der Waals surface area (Å²) in [6, 6.07) is 3.61. The van der Waals surface area contributed by atoms with Crippen LogP contribution in [0.3, 0.4) is 0 Å². The molecule has 0 spiro atoms. The van der Waals surface area contributed by atoms with Gasteiger partial charge in [-0.15, -0.1) is 16.8 Å². The van der Waals surface area contributed by atoms with Gasteiger partial charge in [-0.2, -0.15) is 5.10 Å². The second-order valence-electron chi connectivity index (χ2n) is 3.67. The third-order valence-corrected chi connectivity index (χ3v) is 2.35. The first-order valence-corrected chi connectivity index (χ1v) is 5.56. The SMILES string of the molecule is C=CCCc1[nH]nc(N)c1N=Nc1cccnc1. The summed E-state index contributed by atoms with van der Waals surface area (Å²) in [5, 5.41) is 15.0. The van der Waals surface area contributed by atoms with Gasteiger partial charge in [-0.3, -0.25) is 10.1 Å². The van der Waals surface area contributed by atoms with Crippen molar-refractivity contribution in [2.45, 2.75) is 12.8 Å². The number of nitrogens with zero attached hydrogens (tertiary/aromatic N) is 4. The molecule has 6 heteroatoms. The Morgan fingerprint density at radius 3 is 3.06 bits per heavy atom. The van der Waals surface area contributed by atoms with Crippen LogP contribution in [0.2, 0.25) is 0 Å². The number of nitrogens with two attached hydrogens (primary N) is 1. The summed E-state index contributed by atoms with van der Waals surface area (Å²) in [6.45, 7) is 3.68. The fraction of sp³-hybridized carbons (Fsp3) is 0.167. The maximum absolute atomic E-state index is 5.74.